The van der Waals surface area contributed by atoms with Gasteiger partial charge in [0, 0.05) is 17.7 Å². The summed E-state index contributed by atoms with van der Waals surface area (Å²) in [5.74, 6) is 0.462. The van der Waals surface area contributed by atoms with E-state index in [9.17, 15) is 4.39 Å². The van der Waals surface area contributed by atoms with Crippen molar-refractivity contribution in [3.63, 3.8) is 0 Å². The molecule has 1 N–H and O–H groups in total. The number of ether oxygens (including phenoxy) is 1. The molecule has 0 saturated heterocycles. The fraction of sp³-hybridized carbons (Fsp3) is 0.500. The Morgan fingerprint density at radius 1 is 1.53 bits per heavy atom. The monoisotopic (exact) mass is 209 g/mol. The van der Waals surface area contributed by atoms with Gasteiger partial charge in [0.25, 0.3) is 0 Å². The Morgan fingerprint density at radius 3 is 3.20 bits per heavy atom. The van der Waals surface area contributed by atoms with E-state index in [4.69, 9.17) is 4.74 Å². The Kier molecular flexibility index (Phi) is 3.21. The largest absolute Gasteiger partial charge is 0.493 e. The molecule has 1 atom stereocenters. The predicted octanol–water partition coefficient (Wildman–Crippen LogP) is 2.65. The normalized spacial score (nSPS) is 20.3. The number of hydrogen-bond acceptors (Lipinski definition) is 2. The van der Waals surface area contributed by atoms with Gasteiger partial charge in [-0.25, -0.2) is 4.39 Å². The van der Waals surface area contributed by atoms with Crippen molar-refractivity contribution < 1.29 is 9.13 Å². The molecule has 1 heterocycles. The first-order valence-electron chi connectivity index (χ1n) is 5.47. The van der Waals surface area contributed by atoms with E-state index in [0.717, 1.165) is 24.9 Å². The van der Waals surface area contributed by atoms with Crippen LogP contribution in [0.2, 0.25) is 0 Å². The van der Waals surface area contributed by atoms with Crippen LogP contribution in [0, 0.1) is 5.82 Å². The summed E-state index contributed by atoms with van der Waals surface area (Å²) in [5.41, 5.74) is 1.08. The number of hydrogen-bond donors (Lipinski definition) is 1. The highest BCUT2D eigenvalue weighted by Crippen LogP contribution is 2.31. The van der Waals surface area contributed by atoms with Crippen molar-refractivity contribution in [3.05, 3.63) is 29.6 Å². The van der Waals surface area contributed by atoms with Crippen LogP contribution < -0.4 is 10.1 Å². The molecule has 1 unspecified atom stereocenters. The second-order valence-corrected chi connectivity index (χ2v) is 3.78. The van der Waals surface area contributed by atoms with Gasteiger partial charge in [-0.1, -0.05) is 13.0 Å². The number of nitrogens with one attached hydrogen (secondary N) is 1. The summed E-state index contributed by atoms with van der Waals surface area (Å²) in [4.78, 5) is 0. The molecular formula is C12H16FNO. The van der Waals surface area contributed by atoms with Crippen molar-refractivity contribution in [1.82, 2.24) is 5.32 Å². The minimum atomic E-state index is -0.231. The first-order chi connectivity index (χ1) is 7.31. The van der Waals surface area contributed by atoms with Gasteiger partial charge in [0.05, 0.1) is 6.61 Å². The van der Waals surface area contributed by atoms with Crippen molar-refractivity contribution in [3.8, 4) is 5.75 Å². The number of rotatable bonds is 2. The summed E-state index contributed by atoms with van der Waals surface area (Å²) in [6, 6.07) is 5.10. The zero-order valence-electron chi connectivity index (χ0n) is 8.92. The molecule has 1 aliphatic rings. The van der Waals surface area contributed by atoms with E-state index in [2.05, 4.69) is 12.2 Å². The zero-order chi connectivity index (χ0) is 10.7. The van der Waals surface area contributed by atoms with Gasteiger partial charge >= 0.3 is 0 Å². The van der Waals surface area contributed by atoms with Crippen molar-refractivity contribution in [2.24, 2.45) is 0 Å². The minimum Gasteiger partial charge on any atom is -0.493 e. The van der Waals surface area contributed by atoms with Gasteiger partial charge in [0.2, 0.25) is 0 Å². The van der Waals surface area contributed by atoms with Crippen LogP contribution in [0.5, 0.6) is 5.75 Å². The highest BCUT2D eigenvalue weighted by Gasteiger charge is 2.18. The maximum atomic E-state index is 13.0. The smallest absolute Gasteiger partial charge is 0.126 e. The summed E-state index contributed by atoms with van der Waals surface area (Å²) in [6.45, 7) is 3.68. The third-order valence-corrected chi connectivity index (χ3v) is 2.70. The summed E-state index contributed by atoms with van der Waals surface area (Å²) >= 11 is 0. The van der Waals surface area contributed by atoms with Crippen LogP contribution in [0.3, 0.4) is 0 Å². The average molecular weight is 209 g/mol. The predicted molar refractivity (Wildman–Crippen MR) is 57.5 cm³/mol. The Labute approximate surface area is 89.4 Å². The van der Waals surface area contributed by atoms with Gasteiger partial charge in [-0.15, -0.1) is 0 Å². The van der Waals surface area contributed by atoms with Crippen LogP contribution in [-0.2, 0) is 0 Å². The van der Waals surface area contributed by atoms with Gasteiger partial charge in [-0.05, 0) is 25.5 Å². The number of benzene rings is 1. The van der Waals surface area contributed by atoms with Crippen molar-refractivity contribution in [2.45, 2.75) is 25.8 Å². The van der Waals surface area contributed by atoms with Crippen LogP contribution in [0.25, 0.3) is 0 Å². The van der Waals surface area contributed by atoms with E-state index in [0.29, 0.717) is 18.4 Å². The molecule has 0 saturated carbocycles. The molecule has 0 spiro atoms. The third kappa shape index (κ3) is 2.29. The SMILES string of the molecule is CCNC1CCCOc2cc(F)ccc21. The number of halogens is 1. The lowest BCUT2D eigenvalue weighted by atomic mass is 10.0. The standard InChI is InChI=1S/C12H16FNO/c1-2-14-11-4-3-7-15-12-8-9(13)5-6-10(11)12/h5-6,8,11,14H,2-4,7H2,1H3. The highest BCUT2D eigenvalue weighted by molar-refractivity contribution is 5.37. The fourth-order valence-corrected chi connectivity index (χ4v) is 2.00. The van der Waals surface area contributed by atoms with Crippen molar-refractivity contribution in [2.75, 3.05) is 13.2 Å². The van der Waals surface area contributed by atoms with E-state index in [1.165, 1.54) is 12.1 Å². The molecule has 0 fully saturated rings. The highest BCUT2D eigenvalue weighted by atomic mass is 19.1. The summed E-state index contributed by atoms with van der Waals surface area (Å²) in [5, 5.41) is 3.40. The van der Waals surface area contributed by atoms with Crippen molar-refractivity contribution in [1.29, 1.82) is 0 Å². The van der Waals surface area contributed by atoms with Crippen LogP contribution in [0.1, 0.15) is 31.4 Å². The molecule has 0 radical (unpaired) electrons. The quantitative estimate of drug-likeness (QED) is 0.808. The minimum absolute atomic E-state index is 0.231. The lowest BCUT2D eigenvalue weighted by molar-refractivity contribution is 0.314. The molecule has 0 amide bonds. The van der Waals surface area contributed by atoms with Crippen LogP contribution in [-0.4, -0.2) is 13.2 Å². The lowest BCUT2D eigenvalue weighted by Crippen LogP contribution is -2.20. The van der Waals surface area contributed by atoms with Crippen LogP contribution in [0.15, 0.2) is 18.2 Å². The molecular weight excluding hydrogens is 193 g/mol. The molecule has 1 aliphatic heterocycles. The third-order valence-electron chi connectivity index (χ3n) is 2.70. The summed E-state index contributed by atoms with van der Waals surface area (Å²) < 4.78 is 18.6. The maximum Gasteiger partial charge on any atom is 0.126 e. The fourth-order valence-electron chi connectivity index (χ4n) is 2.00. The molecule has 2 rings (SSSR count). The number of fused-ring (bicyclic) bond motifs is 1. The summed E-state index contributed by atoms with van der Waals surface area (Å²) in [6.07, 6.45) is 2.06. The maximum absolute atomic E-state index is 13.0. The molecule has 0 aliphatic carbocycles. The first-order valence-corrected chi connectivity index (χ1v) is 5.47. The van der Waals surface area contributed by atoms with Crippen LogP contribution in [0.4, 0.5) is 4.39 Å². The molecule has 1 aromatic carbocycles. The van der Waals surface area contributed by atoms with Gasteiger partial charge in [-0.2, -0.15) is 0 Å². The van der Waals surface area contributed by atoms with E-state index >= 15 is 0 Å². The molecule has 0 bridgehead atoms. The van der Waals surface area contributed by atoms with E-state index in [1.807, 2.05) is 6.07 Å². The molecule has 2 nitrogen and oxygen atoms in total. The van der Waals surface area contributed by atoms with Crippen LogP contribution >= 0.6 is 0 Å². The van der Waals surface area contributed by atoms with Gasteiger partial charge in [0.1, 0.15) is 11.6 Å². The average Bonchev–Trinajstić information content (AvgIpc) is 2.41. The second kappa shape index (κ2) is 4.62. The van der Waals surface area contributed by atoms with E-state index < -0.39 is 0 Å². The topological polar surface area (TPSA) is 21.3 Å². The molecule has 15 heavy (non-hydrogen) atoms. The Hall–Kier alpha value is -1.09. The van der Waals surface area contributed by atoms with Gasteiger partial charge in [0.15, 0.2) is 0 Å². The van der Waals surface area contributed by atoms with Gasteiger partial charge in [-0.3, -0.25) is 0 Å². The Balaban J connectivity index is 2.32. The lowest BCUT2D eigenvalue weighted by Gasteiger charge is -2.17. The van der Waals surface area contributed by atoms with Gasteiger partial charge < -0.3 is 10.1 Å². The van der Waals surface area contributed by atoms with Crippen molar-refractivity contribution >= 4 is 0 Å². The summed E-state index contributed by atoms with van der Waals surface area (Å²) in [7, 11) is 0. The first kappa shape index (κ1) is 10.4. The van der Waals surface area contributed by atoms with E-state index in [-0.39, 0.29) is 5.82 Å². The molecule has 0 aromatic heterocycles. The Bertz CT molecular complexity index is 340. The second-order valence-electron chi connectivity index (χ2n) is 3.78. The Morgan fingerprint density at radius 2 is 2.40 bits per heavy atom. The molecule has 1 aromatic rings. The molecule has 3 heteroatoms. The zero-order valence-corrected chi connectivity index (χ0v) is 8.92. The molecule has 82 valence electrons. The van der Waals surface area contributed by atoms with E-state index in [1.54, 1.807) is 0 Å².